The predicted octanol–water partition coefficient (Wildman–Crippen LogP) is 3.98. The highest BCUT2D eigenvalue weighted by Gasteiger charge is 2.08. The lowest BCUT2D eigenvalue weighted by Gasteiger charge is -2.06. The van der Waals surface area contributed by atoms with E-state index in [4.69, 9.17) is 0 Å². The largest absolute Gasteiger partial charge is 0.326 e. The average molecular weight is 314 g/mol. The van der Waals surface area contributed by atoms with Gasteiger partial charge in [-0.15, -0.1) is 12.6 Å². The van der Waals surface area contributed by atoms with E-state index in [1.54, 1.807) is 6.21 Å². The van der Waals surface area contributed by atoms with Crippen molar-refractivity contribution in [3.05, 3.63) is 69.9 Å². The van der Waals surface area contributed by atoms with Crippen LogP contribution in [0.5, 0.6) is 0 Å². The lowest BCUT2D eigenvalue weighted by molar-refractivity contribution is -0.119. The van der Waals surface area contributed by atoms with Crippen LogP contribution in [-0.4, -0.2) is 12.1 Å². The van der Waals surface area contributed by atoms with Crippen molar-refractivity contribution in [3.63, 3.8) is 0 Å². The first-order valence-electron chi connectivity index (χ1n) is 7.23. The highest BCUT2D eigenvalue weighted by molar-refractivity contribution is 7.84. The van der Waals surface area contributed by atoms with Crippen LogP contribution in [0.4, 0.5) is 0 Å². The molecule has 0 saturated carbocycles. The van der Waals surface area contributed by atoms with Crippen LogP contribution in [0.1, 0.15) is 25.9 Å². The molecule has 1 N–H and O–H groups in total. The number of aliphatic imine (C=N–C) groups is 1. The maximum absolute atomic E-state index is 12.1. The van der Waals surface area contributed by atoms with Gasteiger partial charge < -0.3 is 5.32 Å². The lowest BCUT2D eigenvalue weighted by Crippen LogP contribution is -2.23. The molecule has 22 heavy (non-hydrogen) atoms. The fourth-order valence-corrected chi connectivity index (χ4v) is 2.43. The summed E-state index contributed by atoms with van der Waals surface area (Å²) in [5.74, 6) is -0.0235. The summed E-state index contributed by atoms with van der Waals surface area (Å²) in [6, 6.07) is 7.98. The van der Waals surface area contributed by atoms with E-state index in [2.05, 4.69) is 22.9 Å². The average Bonchev–Trinajstić information content (AvgIpc) is 2.63. The normalized spacial score (nSPS) is 15.0. The first kappa shape index (κ1) is 16.3. The number of hydrogen-bond acceptors (Lipinski definition) is 3. The number of thiol groups is 1. The van der Waals surface area contributed by atoms with Crippen LogP contribution < -0.4 is 5.32 Å². The summed E-state index contributed by atoms with van der Waals surface area (Å²) in [6.45, 7) is 3.89. The van der Waals surface area contributed by atoms with E-state index in [-0.39, 0.29) is 7.33 Å². The van der Waals surface area contributed by atoms with Crippen molar-refractivity contribution in [1.82, 2.24) is 5.32 Å². The van der Waals surface area contributed by atoms with E-state index < -0.39 is 0 Å². The Morgan fingerprint density at radius 1 is 1.45 bits per heavy atom. The number of amides is 1. The van der Waals surface area contributed by atoms with Gasteiger partial charge in [0.1, 0.15) is 0 Å². The van der Waals surface area contributed by atoms with Crippen LogP contribution in [0.2, 0.25) is 0 Å². The van der Waals surface area contributed by atoms with Gasteiger partial charge in [-0.2, -0.15) is 0 Å². The van der Waals surface area contributed by atoms with E-state index in [0.29, 0.717) is 12.8 Å². The zero-order valence-corrected chi connectivity index (χ0v) is 13.7. The Hall–Kier alpha value is -2.07. The highest BCUT2D eigenvalue weighted by atomic mass is 32.1. The number of carbonyl (C=O) groups excluding carboxylic acids is 1. The molecule has 0 radical (unpaired) electrons. The third-order valence-electron chi connectivity index (χ3n) is 3.23. The summed E-state index contributed by atoms with van der Waals surface area (Å²) in [4.78, 5) is 17.3. The summed E-state index contributed by atoms with van der Waals surface area (Å²) >= 11 is 4.44. The molecular weight excluding hydrogens is 292 g/mol. The van der Waals surface area contributed by atoms with Crippen molar-refractivity contribution in [2.75, 3.05) is 0 Å². The summed E-state index contributed by atoms with van der Waals surface area (Å²) in [5, 5.41) is 2.93. The number of allylic oxidation sites excluding steroid dienone is 4. The van der Waals surface area contributed by atoms with Crippen LogP contribution in [-0.2, 0) is 11.2 Å². The second kappa shape index (κ2) is 7.80. The predicted molar refractivity (Wildman–Crippen MR) is 97.2 cm³/mol. The van der Waals surface area contributed by atoms with Gasteiger partial charge in [0.15, 0.2) is 0 Å². The molecule has 1 aliphatic rings. The van der Waals surface area contributed by atoms with Crippen molar-refractivity contribution >= 4 is 24.8 Å². The number of hydrogen-bond donors (Lipinski definition) is 2. The van der Waals surface area contributed by atoms with E-state index in [0.717, 1.165) is 27.4 Å². The van der Waals surface area contributed by atoms with Gasteiger partial charge in [0.25, 0.3) is 0 Å². The van der Waals surface area contributed by atoms with E-state index in [1.165, 1.54) is 0 Å². The molecule has 1 amide bonds. The maximum Gasteiger partial charge on any atom is 0.228 e. The fourth-order valence-electron chi connectivity index (χ4n) is 2.21. The molecule has 1 aromatic carbocycles. The zero-order chi connectivity index (χ0) is 15.9. The minimum atomic E-state index is -0.0235. The standard InChI is InChI=1S/C18H20N2OS.H2/c1-3-19-16-9-7-15(8-10-17(16)22)20-18(21)12-14-6-4-5-13(2)11-14;/h3-9,11,22H,10,12H2,1-2H3,(H,20,21);1H. The van der Waals surface area contributed by atoms with Crippen molar-refractivity contribution in [2.24, 2.45) is 4.99 Å². The minimum absolute atomic E-state index is 0. The van der Waals surface area contributed by atoms with Gasteiger partial charge in [-0.05, 0) is 31.6 Å². The van der Waals surface area contributed by atoms with Gasteiger partial charge in [-0.3, -0.25) is 9.79 Å². The molecule has 2 rings (SSSR count). The quantitative estimate of drug-likeness (QED) is 0.640. The number of nitrogens with one attached hydrogen (secondary N) is 1. The Balaban J connectivity index is 0.00000264. The minimum Gasteiger partial charge on any atom is -0.326 e. The highest BCUT2D eigenvalue weighted by Crippen LogP contribution is 2.20. The molecule has 116 valence electrons. The summed E-state index contributed by atoms with van der Waals surface area (Å²) in [6.07, 6.45) is 8.44. The van der Waals surface area contributed by atoms with Crippen molar-refractivity contribution in [2.45, 2.75) is 26.7 Å². The fraction of sp³-hybridized carbons (Fsp3) is 0.222. The molecule has 1 aliphatic carbocycles. The maximum atomic E-state index is 12.1. The first-order chi connectivity index (χ1) is 10.6. The number of nitrogens with zero attached hydrogens (tertiary/aromatic N) is 1. The summed E-state index contributed by atoms with van der Waals surface area (Å²) in [7, 11) is 0. The van der Waals surface area contributed by atoms with Gasteiger partial charge in [-0.25, -0.2) is 0 Å². The molecule has 0 bridgehead atoms. The SMILES string of the molecule is CC=NC1=C(S)CC=C(NC(=O)Cc2cccc(C)c2)C=C1.[HH]. The summed E-state index contributed by atoms with van der Waals surface area (Å²) in [5.41, 5.74) is 3.78. The van der Waals surface area contributed by atoms with Crippen LogP contribution in [0, 0.1) is 6.92 Å². The molecule has 4 heteroatoms. The molecule has 0 spiro atoms. The van der Waals surface area contributed by atoms with Crippen molar-refractivity contribution < 1.29 is 6.22 Å². The second-order valence-corrected chi connectivity index (χ2v) is 5.67. The Morgan fingerprint density at radius 3 is 3.00 bits per heavy atom. The second-order valence-electron chi connectivity index (χ2n) is 5.13. The third-order valence-corrected chi connectivity index (χ3v) is 3.64. The molecule has 0 fully saturated rings. The molecule has 0 aliphatic heterocycles. The van der Waals surface area contributed by atoms with Gasteiger partial charge >= 0.3 is 0 Å². The first-order valence-corrected chi connectivity index (χ1v) is 7.67. The molecule has 0 unspecified atom stereocenters. The number of aryl methyl sites for hydroxylation is 1. The molecule has 0 heterocycles. The lowest BCUT2D eigenvalue weighted by atomic mass is 10.1. The molecular formula is C18H22N2OS. The van der Waals surface area contributed by atoms with Crippen molar-refractivity contribution in [1.29, 1.82) is 0 Å². The number of benzene rings is 1. The zero-order valence-electron chi connectivity index (χ0n) is 12.8. The Kier molecular flexibility index (Phi) is 5.78. The Morgan fingerprint density at radius 2 is 2.27 bits per heavy atom. The number of carbonyl (C=O) groups is 1. The topological polar surface area (TPSA) is 41.5 Å². The molecule has 0 saturated heterocycles. The molecule has 0 aromatic heterocycles. The van der Waals surface area contributed by atoms with Gasteiger partial charge in [0, 0.05) is 24.7 Å². The van der Waals surface area contributed by atoms with Gasteiger partial charge in [0.2, 0.25) is 5.91 Å². The molecule has 1 aromatic rings. The van der Waals surface area contributed by atoms with Gasteiger partial charge in [-0.1, -0.05) is 35.9 Å². The third kappa shape index (κ3) is 4.74. The van der Waals surface area contributed by atoms with E-state index in [1.807, 2.05) is 56.3 Å². The van der Waals surface area contributed by atoms with Gasteiger partial charge in [0.05, 0.1) is 12.1 Å². The van der Waals surface area contributed by atoms with E-state index >= 15 is 0 Å². The Labute approximate surface area is 138 Å². The summed E-state index contributed by atoms with van der Waals surface area (Å²) < 4.78 is 0. The van der Waals surface area contributed by atoms with Crippen LogP contribution in [0.25, 0.3) is 0 Å². The smallest absolute Gasteiger partial charge is 0.228 e. The van der Waals surface area contributed by atoms with Crippen LogP contribution in [0.15, 0.2) is 63.8 Å². The van der Waals surface area contributed by atoms with E-state index in [9.17, 15) is 4.79 Å². The van der Waals surface area contributed by atoms with Crippen LogP contribution >= 0.6 is 12.6 Å². The number of rotatable bonds is 4. The van der Waals surface area contributed by atoms with Crippen molar-refractivity contribution in [3.8, 4) is 0 Å². The van der Waals surface area contributed by atoms with Crippen LogP contribution in [0.3, 0.4) is 0 Å². The molecule has 0 atom stereocenters. The Bertz CT molecular complexity index is 690. The molecule has 3 nitrogen and oxygen atoms in total. The monoisotopic (exact) mass is 314 g/mol.